The largest absolute Gasteiger partial charge is 0.477 e. The lowest BCUT2D eigenvalue weighted by atomic mass is 9.93. The number of nitro benzene ring substituents is 1. The molecule has 0 bridgehead atoms. The van der Waals surface area contributed by atoms with Crippen molar-refractivity contribution in [3.63, 3.8) is 0 Å². The van der Waals surface area contributed by atoms with Gasteiger partial charge >= 0.3 is 5.97 Å². The van der Waals surface area contributed by atoms with Crippen LogP contribution in [0.4, 0.5) is 5.69 Å². The predicted molar refractivity (Wildman–Crippen MR) is 94.8 cm³/mol. The zero-order valence-corrected chi connectivity index (χ0v) is 14.1. The molecule has 2 heterocycles. The molecule has 9 heteroatoms. The number of carbonyl (C=O) groups is 1. The molecule has 0 fully saturated rings. The number of carboxylic acid groups (broad SMARTS) is 1. The Morgan fingerprint density at radius 3 is 2.59 bits per heavy atom. The van der Waals surface area contributed by atoms with Gasteiger partial charge in [-0.2, -0.15) is 0 Å². The molecule has 1 N–H and O–H groups in total. The van der Waals surface area contributed by atoms with E-state index in [4.69, 9.17) is 9.47 Å². The average Bonchev–Trinajstić information content (AvgIpc) is 2.98. The van der Waals surface area contributed by atoms with Crippen molar-refractivity contribution < 1.29 is 24.3 Å². The van der Waals surface area contributed by atoms with Gasteiger partial charge in [0.2, 0.25) is 6.79 Å². The van der Waals surface area contributed by atoms with E-state index in [-0.39, 0.29) is 24.6 Å². The lowest BCUT2D eigenvalue weighted by Gasteiger charge is -2.11. The monoisotopic (exact) mass is 367 g/mol. The molecule has 136 valence electrons. The fraction of sp³-hybridized carbons (Fsp3) is 0.167. The maximum absolute atomic E-state index is 11.4. The Hall–Kier alpha value is -3.75. The summed E-state index contributed by atoms with van der Waals surface area (Å²) in [6.07, 6.45) is 0.0697. The number of hydrogen-bond donors (Lipinski definition) is 1. The minimum absolute atomic E-state index is 0.00592. The second-order valence-corrected chi connectivity index (χ2v) is 6.10. The van der Waals surface area contributed by atoms with Crippen LogP contribution in [0.5, 0.6) is 11.5 Å². The third kappa shape index (κ3) is 2.88. The van der Waals surface area contributed by atoms with Crippen LogP contribution in [0.2, 0.25) is 0 Å². The molecular weight excluding hydrogens is 354 g/mol. The highest BCUT2D eigenvalue weighted by molar-refractivity contribution is 6.36. The number of benzene rings is 2. The number of hydrogen-bond acceptors (Lipinski definition) is 7. The van der Waals surface area contributed by atoms with E-state index >= 15 is 0 Å². The summed E-state index contributed by atoms with van der Waals surface area (Å²) in [6.45, 7) is 1.71. The number of rotatable bonds is 3. The smallest absolute Gasteiger partial charge is 0.352 e. The summed E-state index contributed by atoms with van der Waals surface area (Å²) in [4.78, 5) is 22.0. The topological polar surface area (TPSA) is 124 Å². The van der Waals surface area contributed by atoms with Crippen LogP contribution in [0.15, 0.2) is 40.5 Å². The van der Waals surface area contributed by atoms with Crippen molar-refractivity contribution in [3.05, 3.63) is 62.7 Å². The van der Waals surface area contributed by atoms with Gasteiger partial charge in [-0.1, -0.05) is 0 Å². The van der Waals surface area contributed by atoms with Crippen molar-refractivity contribution >= 4 is 23.1 Å². The van der Waals surface area contributed by atoms with Gasteiger partial charge in [-0.25, -0.2) is 4.79 Å². The van der Waals surface area contributed by atoms with Crippen molar-refractivity contribution in [1.82, 2.24) is 0 Å². The van der Waals surface area contributed by atoms with E-state index in [1.165, 1.54) is 6.07 Å². The van der Waals surface area contributed by atoms with E-state index in [1.54, 1.807) is 31.2 Å². The summed E-state index contributed by atoms with van der Waals surface area (Å²) in [5.74, 6) is -0.109. The molecule has 0 aliphatic carbocycles. The average molecular weight is 367 g/mol. The summed E-state index contributed by atoms with van der Waals surface area (Å²) in [5, 5.41) is 28.4. The van der Waals surface area contributed by atoms with Crippen molar-refractivity contribution in [2.24, 2.45) is 10.2 Å². The van der Waals surface area contributed by atoms with Gasteiger partial charge in [0.05, 0.1) is 4.92 Å². The zero-order chi connectivity index (χ0) is 19.1. The van der Waals surface area contributed by atoms with Gasteiger partial charge in [-0.15, -0.1) is 10.2 Å². The van der Waals surface area contributed by atoms with Crippen molar-refractivity contribution in [2.45, 2.75) is 13.3 Å². The first-order valence-corrected chi connectivity index (χ1v) is 8.00. The lowest BCUT2D eigenvalue weighted by Crippen LogP contribution is -2.15. The van der Waals surface area contributed by atoms with E-state index in [2.05, 4.69) is 10.2 Å². The number of nitro groups is 1. The summed E-state index contributed by atoms with van der Waals surface area (Å²) >= 11 is 0. The molecular formula is C18H13N3O6. The number of aryl methyl sites for hydroxylation is 1. The zero-order valence-electron chi connectivity index (χ0n) is 14.1. The van der Waals surface area contributed by atoms with E-state index in [0.29, 0.717) is 39.5 Å². The molecule has 2 aromatic carbocycles. The Labute approximate surface area is 152 Å². The predicted octanol–water partition coefficient (Wildman–Crippen LogP) is 2.47. The van der Waals surface area contributed by atoms with Gasteiger partial charge in [0.25, 0.3) is 5.69 Å². The molecule has 9 nitrogen and oxygen atoms in total. The lowest BCUT2D eigenvalue weighted by molar-refractivity contribution is -0.385. The third-order valence-electron chi connectivity index (χ3n) is 4.40. The Balaban J connectivity index is 1.90. The van der Waals surface area contributed by atoms with Crippen LogP contribution in [0, 0.1) is 17.0 Å². The van der Waals surface area contributed by atoms with Crippen LogP contribution in [0.1, 0.15) is 22.3 Å². The van der Waals surface area contributed by atoms with Gasteiger partial charge in [-0.05, 0) is 36.8 Å². The standard InChI is InChI=1S/C18H13N3O6/c1-9-4-10(2-3-14(9)21(24)25)17-12-7-16-15(26-8-27-16)6-11(12)5-13(18(22)23)19-20-17/h2-4,6-7H,5,8H2,1H3,(H,22,23). The molecule has 0 saturated carbocycles. The van der Waals surface area contributed by atoms with Gasteiger partial charge in [0.15, 0.2) is 17.2 Å². The molecule has 4 rings (SSSR count). The molecule has 0 atom stereocenters. The molecule has 0 spiro atoms. The molecule has 0 radical (unpaired) electrons. The van der Waals surface area contributed by atoms with Gasteiger partial charge in [0, 0.05) is 29.2 Å². The minimum atomic E-state index is -1.16. The van der Waals surface area contributed by atoms with Crippen molar-refractivity contribution in [2.75, 3.05) is 6.79 Å². The Morgan fingerprint density at radius 2 is 1.93 bits per heavy atom. The second kappa shape index (κ2) is 6.20. The van der Waals surface area contributed by atoms with E-state index in [0.717, 1.165) is 0 Å². The van der Waals surface area contributed by atoms with Gasteiger partial charge in [-0.3, -0.25) is 10.1 Å². The quantitative estimate of drug-likeness (QED) is 0.656. The van der Waals surface area contributed by atoms with Gasteiger partial charge < -0.3 is 14.6 Å². The summed E-state index contributed by atoms with van der Waals surface area (Å²) in [5.41, 5.74) is 2.68. The van der Waals surface area contributed by atoms with Crippen LogP contribution in [0.25, 0.3) is 0 Å². The number of aliphatic carboxylic acids is 1. The Bertz CT molecular complexity index is 1060. The van der Waals surface area contributed by atoms with Crippen LogP contribution in [0.3, 0.4) is 0 Å². The first-order valence-electron chi connectivity index (χ1n) is 8.00. The SMILES string of the molecule is Cc1cc(C2=NN=C(C(=O)O)Cc3cc4c(cc32)OCO4)ccc1[N+](=O)[O-]. The highest BCUT2D eigenvalue weighted by atomic mass is 16.7. The highest BCUT2D eigenvalue weighted by Crippen LogP contribution is 2.37. The normalized spacial score (nSPS) is 14.7. The first-order chi connectivity index (χ1) is 12.9. The summed E-state index contributed by atoms with van der Waals surface area (Å²) in [7, 11) is 0. The number of ether oxygens (including phenoxy) is 2. The molecule has 2 aliphatic rings. The molecule has 0 aromatic heterocycles. The summed E-state index contributed by atoms with van der Waals surface area (Å²) in [6, 6.07) is 8.04. The first kappa shape index (κ1) is 16.7. The molecule has 27 heavy (non-hydrogen) atoms. The van der Waals surface area contributed by atoms with Crippen LogP contribution < -0.4 is 9.47 Å². The molecule has 2 aliphatic heterocycles. The minimum Gasteiger partial charge on any atom is -0.477 e. The number of carboxylic acids is 1. The van der Waals surface area contributed by atoms with Crippen molar-refractivity contribution in [1.29, 1.82) is 0 Å². The second-order valence-electron chi connectivity index (χ2n) is 6.10. The van der Waals surface area contributed by atoms with Gasteiger partial charge in [0.1, 0.15) is 5.71 Å². The molecule has 2 aromatic rings. The van der Waals surface area contributed by atoms with Crippen LogP contribution in [-0.4, -0.2) is 34.2 Å². The van der Waals surface area contributed by atoms with Crippen LogP contribution >= 0.6 is 0 Å². The fourth-order valence-corrected chi connectivity index (χ4v) is 3.07. The van der Waals surface area contributed by atoms with E-state index in [1.807, 2.05) is 0 Å². The highest BCUT2D eigenvalue weighted by Gasteiger charge is 2.26. The maximum Gasteiger partial charge on any atom is 0.352 e. The fourth-order valence-electron chi connectivity index (χ4n) is 3.07. The molecule has 0 saturated heterocycles. The number of fused-ring (bicyclic) bond motifs is 2. The number of nitrogens with zero attached hydrogens (tertiary/aromatic N) is 3. The molecule has 0 unspecified atom stereocenters. The third-order valence-corrected chi connectivity index (χ3v) is 4.40. The Morgan fingerprint density at radius 1 is 1.19 bits per heavy atom. The Kier molecular flexibility index (Phi) is 3.84. The van der Waals surface area contributed by atoms with Crippen LogP contribution in [-0.2, 0) is 11.2 Å². The van der Waals surface area contributed by atoms with Crippen molar-refractivity contribution in [3.8, 4) is 11.5 Å². The van der Waals surface area contributed by atoms with E-state index < -0.39 is 10.9 Å². The van der Waals surface area contributed by atoms with E-state index in [9.17, 15) is 20.0 Å². The maximum atomic E-state index is 11.4. The molecule has 0 amide bonds. The summed E-state index contributed by atoms with van der Waals surface area (Å²) < 4.78 is 10.8.